The van der Waals surface area contributed by atoms with Gasteiger partial charge in [0.1, 0.15) is 0 Å². The van der Waals surface area contributed by atoms with E-state index < -0.39 is 56.5 Å². The number of hydrogen-bond acceptors (Lipinski definition) is 7. The second kappa shape index (κ2) is 22.4. The molecule has 0 radical (unpaired) electrons. The van der Waals surface area contributed by atoms with Gasteiger partial charge in [-0.15, -0.1) is 0 Å². The van der Waals surface area contributed by atoms with Crippen LogP contribution in [0.2, 0.25) is 0 Å². The van der Waals surface area contributed by atoms with Crippen molar-refractivity contribution in [2.24, 2.45) is 5.14 Å². The molecule has 6 aromatic rings. The van der Waals surface area contributed by atoms with Crippen molar-refractivity contribution in [1.82, 2.24) is 15.0 Å². The number of H-pyrrole nitrogens is 2. The van der Waals surface area contributed by atoms with E-state index in [9.17, 15) is 53.1 Å². The number of methoxy groups -OCH3 is 2. The number of nitrogens with two attached hydrogens (primary N) is 1. The summed E-state index contributed by atoms with van der Waals surface area (Å²) in [5.41, 5.74) is 1.97. The molecular weight excluding hydrogens is 889 g/mol. The van der Waals surface area contributed by atoms with Crippen LogP contribution in [0.4, 0.5) is 35.1 Å². The van der Waals surface area contributed by atoms with E-state index in [0.717, 1.165) is 12.1 Å². The number of sulfonamides is 1. The van der Waals surface area contributed by atoms with E-state index in [1.165, 1.54) is 68.8 Å². The summed E-state index contributed by atoms with van der Waals surface area (Å²) >= 11 is 0. The maximum atomic E-state index is 13.6. The summed E-state index contributed by atoms with van der Waals surface area (Å²) < 4.78 is 136. The number of primary sulfonamides is 1. The van der Waals surface area contributed by atoms with E-state index in [1.54, 1.807) is 19.2 Å². The highest BCUT2D eigenvalue weighted by molar-refractivity contribution is 7.89. The monoisotopic (exact) mass is 938 g/mol. The van der Waals surface area contributed by atoms with Crippen molar-refractivity contribution in [2.45, 2.75) is 101 Å². The molecule has 2 aliphatic rings. The number of nitrogens with zero attached hydrogens (tertiary/aromatic N) is 1. The number of pyridine rings is 3. The summed E-state index contributed by atoms with van der Waals surface area (Å²) in [7, 11) is -1.47. The second-order valence-corrected chi connectivity index (χ2v) is 16.6. The number of aryl methyl sites for hydroxylation is 1. The molecule has 8 rings (SSSR count). The van der Waals surface area contributed by atoms with Gasteiger partial charge in [-0.3, -0.25) is 14.6 Å². The molecule has 2 atom stereocenters. The normalized spacial score (nSPS) is 17.4. The molecule has 3 heterocycles. The van der Waals surface area contributed by atoms with Crippen LogP contribution in [0.25, 0.3) is 21.8 Å². The van der Waals surface area contributed by atoms with Crippen LogP contribution >= 0.6 is 0 Å². The minimum Gasteiger partial charge on any atom is -0.494 e. The quantitative estimate of drug-likeness (QED) is 0.145. The maximum Gasteiger partial charge on any atom is 0.248 e. The zero-order chi connectivity index (χ0) is 48.3. The van der Waals surface area contributed by atoms with Crippen LogP contribution in [-0.2, 0) is 10.0 Å². The Bertz CT molecular complexity index is 2750. The number of fused-ring (bicyclic) bond motifs is 2. The molecule has 3 aromatic heterocycles. The van der Waals surface area contributed by atoms with Crippen molar-refractivity contribution in [3.63, 3.8) is 0 Å². The standard InChI is InChI=1S/C15H16F2N2O3S.C15H16F2N2O.2C7H6F2O.C2H6/c16-15(17)6-2-3-9(8-15)11-7-12(20)14-10(19-11)4-1-5-13(14)23(18,21)22;1-9-14-11(4-6-18-9)19-12(7-13(14)20)10-3-2-5-15(16,17)8-10;2*1-10-6-4-2-3-5(8)7(6)9;1-2/h1,4-5,7,9H,2-3,6,8H2,(H,19,20)(H2,18,21,22);4,6-7,10H,2-3,5,8H2,1H3,(H,19,20);2*2-4H,1H3;1-2H3/t9-;10-;;;/m00.../s1. The summed E-state index contributed by atoms with van der Waals surface area (Å²) in [5, 5.41) is 5.63. The molecule has 0 spiro atoms. The molecule has 2 aliphatic carbocycles. The van der Waals surface area contributed by atoms with Crippen LogP contribution in [0.15, 0.2) is 93.5 Å². The second-order valence-electron chi connectivity index (χ2n) is 15.0. The Labute approximate surface area is 370 Å². The Kier molecular flexibility index (Phi) is 17.8. The summed E-state index contributed by atoms with van der Waals surface area (Å²) in [6, 6.07) is 16.2. The lowest BCUT2D eigenvalue weighted by atomic mass is 9.84. The molecule has 0 saturated heterocycles. The molecular formula is C46H50F8N4O6S. The number of hydrogen-bond donors (Lipinski definition) is 3. The van der Waals surface area contributed by atoms with Gasteiger partial charge in [0.25, 0.3) is 0 Å². The van der Waals surface area contributed by atoms with Gasteiger partial charge in [0.2, 0.25) is 33.5 Å². The Morgan fingerprint density at radius 3 is 1.52 bits per heavy atom. The Balaban J connectivity index is 0.000000199. The minimum absolute atomic E-state index is 0.0404. The molecule has 4 N–H and O–H groups in total. The smallest absolute Gasteiger partial charge is 0.248 e. The molecule has 0 bridgehead atoms. The molecule has 10 nitrogen and oxygen atoms in total. The van der Waals surface area contributed by atoms with E-state index in [4.69, 9.17) is 5.14 Å². The fourth-order valence-corrected chi connectivity index (χ4v) is 8.28. The number of benzene rings is 3. The third-order valence-electron chi connectivity index (χ3n) is 10.5. The first kappa shape index (κ1) is 51.8. The molecule has 65 heavy (non-hydrogen) atoms. The predicted octanol–water partition coefficient (Wildman–Crippen LogP) is 11.0. The Hall–Kier alpha value is -5.82. The molecule has 3 aromatic carbocycles. The van der Waals surface area contributed by atoms with Crippen molar-refractivity contribution >= 4 is 31.8 Å². The number of rotatable bonds is 5. The van der Waals surface area contributed by atoms with E-state index in [-0.39, 0.29) is 64.3 Å². The largest absolute Gasteiger partial charge is 0.494 e. The lowest BCUT2D eigenvalue weighted by Gasteiger charge is -2.29. The molecule has 0 amide bonds. The van der Waals surface area contributed by atoms with E-state index in [1.807, 2.05) is 13.8 Å². The third-order valence-corrected chi connectivity index (χ3v) is 11.5. The van der Waals surface area contributed by atoms with Gasteiger partial charge < -0.3 is 19.4 Å². The average Bonchev–Trinajstić information content (AvgIpc) is 3.25. The fraction of sp³-hybridized carbons (Fsp3) is 0.370. The van der Waals surface area contributed by atoms with E-state index in [0.29, 0.717) is 53.7 Å². The number of nitrogens with one attached hydrogen (secondary N) is 2. The number of halogens is 8. The summed E-state index contributed by atoms with van der Waals surface area (Å²) in [4.78, 5) is 34.4. The number of alkyl halides is 4. The highest BCUT2D eigenvalue weighted by atomic mass is 32.2. The van der Waals surface area contributed by atoms with Gasteiger partial charge in [-0.2, -0.15) is 8.78 Å². The van der Waals surface area contributed by atoms with Gasteiger partial charge >= 0.3 is 0 Å². The number of ether oxygens (including phenoxy) is 2. The average molecular weight is 939 g/mol. The van der Waals surface area contributed by atoms with Gasteiger partial charge in [0, 0.05) is 67.2 Å². The lowest BCUT2D eigenvalue weighted by molar-refractivity contribution is -0.0418. The molecule has 2 saturated carbocycles. The Morgan fingerprint density at radius 2 is 1.11 bits per heavy atom. The molecule has 2 fully saturated rings. The molecule has 0 unspecified atom stereocenters. The van der Waals surface area contributed by atoms with Crippen molar-refractivity contribution in [3.8, 4) is 11.5 Å². The molecule has 352 valence electrons. The number of aromatic amines is 2. The summed E-state index contributed by atoms with van der Waals surface area (Å²) in [6.07, 6.45) is 3.06. The predicted molar refractivity (Wildman–Crippen MR) is 233 cm³/mol. The van der Waals surface area contributed by atoms with E-state index in [2.05, 4.69) is 24.4 Å². The van der Waals surface area contributed by atoms with Gasteiger partial charge in [-0.25, -0.2) is 39.9 Å². The first-order chi connectivity index (χ1) is 30.6. The topological polar surface area (TPSA) is 157 Å². The van der Waals surface area contributed by atoms with Crippen molar-refractivity contribution in [3.05, 3.63) is 140 Å². The van der Waals surface area contributed by atoms with Crippen LogP contribution in [0.5, 0.6) is 11.5 Å². The molecule has 0 aliphatic heterocycles. The van der Waals surface area contributed by atoms with Crippen molar-refractivity contribution in [2.75, 3.05) is 14.2 Å². The van der Waals surface area contributed by atoms with Crippen LogP contribution in [0.1, 0.15) is 94.1 Å². The fourth-order valence-electron chi connectivity index (χ4n) is 7.52. The van der Waals surface area contributed by atoms with Crippen LogP contribution < -0.4 is 25.5 Å². The number of aromatic nitrogens is 3. The van der Waals surface area contributed by atoms with Crippen LogP contribution in [0.3, 0.4) is 0 Å². The van der Waals surface area contributed by atoms with E-state index >= 15 is 0 Å². The van der Waals surface area contributed by atoms with Crippen molar-refractivity contribution < 1.29 is 53.0 Å². The Morgan fingerprint density at radius 1 is 0.677 bits per heavy atom. The van der Waals surface area contributed by atoms with Gasteiger partial charge in [0.05, 0.1) is 46.6 Å². The first-order valence-corrected chi connectivity index (χ1v) is 22.1. The first-order valence-electron chi connectivity index (χ1n) is 20.5. The summed E-state index contributed by atoms with van der Waals surface area (Å²) in [6.45, 7) is 5.77. The van der Waals surface area contributed by atoms with Crippen LogP contribution in [0, 0.1) is 30.2 Å². The van der Waals surface area contributed by atoms with Gasteiger partial charge in [-0.05, 0) is 75.1 Å². The van der Waals surface area contributed by atoms with Crippen LogP contribution in [-0.4, -0.2) is 49.4 Å². The maximum absolute atomic E-state index is 13.6. The minimum atomic E-state index is -4.05. The van der Waals surface area contributed by atoms with Gasteiger partial charge in [0.15, 0.2) is 34.0 Å². The highest BCUT2D eigenvalue weighted by Crippen LogP contribution is 2.42. The zero-order valence-electron chi connectivity index (χ0n) is 36.2. The van der Waals surface area contributed by atoms with Crippen molar-refractivity contribution in [1.29, 1.82) is 0 Å². The molecule has 19 heteroatoms. The SMILES string of the molecule is CC.COc1cccc(F)c1F.COc1cccc(F)c1F.Cc1nccc2[nH]c([C@H]3CCCC(F)(F)C3)cc(=O)c12.NS(=O)(=O)c1cccc2[nH]c([C@H]3CCCC(F)(F)C3)cc(=O)c12. The lowest BCUT2D eigenvalue weighted by Crippen LogP contribution is -2.26. The zero-order valence-corrected chi connectivity index (χ0v) is 37.0. The highest BCUT2D eigenvalue weighted by Gasteiger charge is 2.38. The third kappa shape index (κ3) is 13.6. The summed E-state index contributed by atoms with van der Waals surface area (Å²) in [5.74, 6) is -9.88. The van der Waals surface area contributed by atoms with Gasteiger partial charge in [-0.1, -0.05) is 32.0 Å².